The van der Waals surface area contributed by atoms with E-state index in [0.29, 0.717) is 5.57 Å². The number of benzene rings is 1. The van der Waals surface area contributed by atoms with Crippen molar-refractivity contribution >= 4 is 45.6 Å². The lowest BCUT2D eigenvalue weighted by atomic mass is 10.0. The zero-order valence-electron chi connectivity index (χ0n) is 18.5. The molecule has 3 atom stereocenters. The minimum atomic E-state index is -4.85. The second-order valence-electron chi connectivity index (χ2n) is 8.08. The number of thioether (sulfide) groups is 1. The van der Waals surface area contributed by atoms with Crippen LogP contribution in [0, 0.1) is 0 Å². The maximum atomic E-state index is 12.9. The van der Waals surface area contributed by atoms with Gasteiger partial charge in [0, 0.05) is 23.5 Å². The van der Waals surface area contributed by atoms with Crippen LogP contribution in [0.25, 0.3) is 0 Å². The van der Waals surface area contributed by atoms with E-state index in [0.717, 1.165) is 4.90 Å². The van der Waals surface area contributed by atoms with Gasteiger partial charge in [-0.2, -0.15) is 8.42 Å². The van der Waals surface area contributed by atoms with Crippen LogP contribution in [0.5, 0.6) is 0 Å². The molecule has 3 amide bonds. The molecule has 0 bridgehead atoms. The van der Waals surface area contributed by atoms with Gasteiger partial charge in [-0.1, -0.05) is 30.3 Å². The van der Waals surface area contributed by atoms with Gasteiger partial charge in [-0.3, -0.25) is 23.8 Å². The minimum absolute atomic E-state index is 0.0187. The highest BCUT2D eigenvalue weighted by molar-refractivity contribution is 8.00. The van der Waals surface area contributed by atoms with Crippen LogP contribution in [-0.2, 0) is 31.0 Å². The number of primary amides is 1. The summed E-state index contributed by atoms with van der Waals surface area (Å²) in [6, 6.07) is 9.12. The average molecular weight is 534 g/mol. The predicted molar refractivity (Wildman–Crippen MR) is 126 cm³/mol. The first kappa shape index (κ1) is 25.3. The number of β-lactam (4-membered cyclic amide) rings is 1. The van der Waals surface area contributed by atoms with Crippen molar-refractivity contribution in [1.82, 2.24) is 10.2 Å². The van der Waals surface area contributed by atoms with Crippen molar-refractivity contribution in [2.75, 3.05) is 5.75 Å². The monoisotopic (exact) mass is 533 g/mol. The first-order valence-corrected chi connectivity index (χ1v) is 13.0. The van der Waals surface area contributed by atoms with Crippen LogP contribution >= 0.6 is 11.8 Å². The molecule has 3 heterocycles. The molecule has 4 rings (SSSR count). The number of carboxylic acids is 1. The van der Waals surface area contributed by atoms with E-state index in [9.17, 15) is 37.3 Å². The van der Waals surface area contributed by atoms with Crippen LogP contribution in [0.1, 0.15) is 21.2 Å². The standard InChI is InChI=1S/C22H20N4O8S2/c23-18(27)13-6-8-25(9-7-13)10-14-11-35-21-15(20(29)26(21)16(14)22(30)31)24-19(28)17(36(32,33)34)12-4-2-1-3-5-12/h1-9,15,17,21H,10-11H2,(H4-,23,24,27,28,30,31,32,33,34)/p+1/t15-,17-,21+/m1/s1. The predicted octanol–water partition coefficient (Wildman–Crippen LogP) is -0.559. The van der Waals surface area contributed by atoms with Gasteiger partial charge in [0.05, 0.1) is 5.56 Å². The lowest BCUT2D eigenvalue weighted by Crippen LogP contribution is -2.71. The Morgan fingerprint density at radius 3 is 2.36 bits per heavy atom. The van der Waals surface area contributed by atoms with Crippen LogP contribution in [0.3, 0.4) is 0 Å². The second kappa shape index (κ2) is 9.72. The van der Waals surface area contributed by atoms with Gasteiger partial charge >= 0.3 is 5.97 Å². The van der Waals surface area contributed by atoms with Crippen LogP contribution in [0.4, 0.5) is 0 Å². The van der Waals surface area contributed by atoms with Crippen molar-refractivity contribution in [3.63, 3.8) is 0 Å². The Balaban J connectivity index is 1.54. The third-order valence-corrected chi connectivity index (χ3v) is 8.16. The van der Waals surface area contributed by atoms with Gasteiger partial charge in [0.25, 0.3) is 16.0 Å². The smallest absolute Gasteiger partial charge is 0.352 e. The minimum Gasteiger partial charge on any atom is -0.477 e. The Labute approximate surface area is 209 Å². The highest BCUT2D eigenvalue weighted by Crippen LogP contribution is 2.40. The molecule has 1 fully saturated rings. The molecule has 5 N–H and O–H groups in total. The summed E-state index contributed by atoms with van der Waals surface area (Å²) in [7, 11) is -4.85. The number of fused-ring (bicyclic) bond motifs is 1. The number of carboxylic acid groups (broad SMARTS) is 1. The highest BCUT2D eigenvalue weighted by Gasteiger charge is 2.55. The molecule has 0 unspecified atom stereocenters. The molecular formula is C22H21N4O8S2+. The summed E-state index contributed by atoms with van der Waals surface area (Å²) >= 11 is 1.21. The van der Waals surface area contributed by atoms with E-state index < -0.39 is 50.5 Å². The van der Waals surface area contributed by atoms with E-state index in [-0.39, 0.29) is 29.1 Å². The summed E-state index contributed by atoms with van der Waals surface area (Å²) in [6.07, 6.45) is 3.12. The fourth-order valence-corrected chi connectivity index (χ4v) is 6.24. The topological polar surface area (TPSA) is 188 Å². The molecule has 2 aliphatic heterocycles. The molecule has 2 aromatic rings. The molecule has 1 saturated heterocycles. The molecule has 12 nitrogen and oxygen atoms in total. The van der Waals surface area contributed by atoms with Gasteiger partial charge in [0.2, 0.25) is 11.8 Å². The molecular weight excluding hydrogens is 512 g/mol. The molecule has 0 spiro atoms. The highest BCUT2D eigenvalue weighted by atomic mass is 32.2. The number of hydrogen-bond donors (Lipinski definition) is 4. The van der Waals surface area contributed by atoms with Crippen molar-refractivity contribution in [3.8, 4) is 0 Å². The number of nitrogens with zero attached hydrogens (tertiary/aromatic N) is 2. The van der Waals surface area contributed by atoms with Gasteiger partial charge in [-0.15, -0.1) is 11.8 Å². The second-order valence-corrected chi connectivity index (χ2v) is 10.7. The number of carbonyl (C=O) groups is 4. The number of aliphatic carboxylic acids is 1. The van der Waals surface area contributed by atoms with E-state index in [2.05, 4.69) is 5.32 Å². The normalized spacial score (nSPS) is 20.2. The summed E-state index contributed by atoms with van der Waals surface area (Å²) in [4.78, 5) is 50.1. The third kappa shape index (κ3) is 4.82. The summed E-state index contributed by atoms with van der Waals surface area (Å²) in [5.41, 5.74) is 5.73. The zero-order valence-corrected chi connectivity index (χ0v) is 20.1. The molecule has 2 aliphatic rings. The van der Waals surface area contributed by atoms with Crippen molar-refractivity contribution in [2.45, 2.75) is 23.2 Å². The summed E-state index contributed by atoms with van der Waals surface area (Å²) in [5.74, 6) is -3.53. The first-order chi connectivity index (χ1) is 17.0. The maximum absolute atomic E-state index is 12.9. The Kier molecular flexibility index (Phi) is 6.84. The molecule has 1 aromatic heterocycles. The maximum Gasteiger partial charge on any atom is 0.352 e. The van der Waals surface area contributed by atoms with E-state index in [1.807, 2.05) is 0 Å². The summed E-state index contributed by atoms with van der Waals surface area (Å²) in [6.45, 7) is 0.125. The number of nitrogens with two attached hydrogens (primary N) is 1. The van der Waals surface area contributed by atoms with E-state index >= 15 is 0 Å². The number of carbonyl (C=O) groups excluding carboxylic acids is 3. The molecule has 0 aliphatic carbocycles. The van der Waals surface area contributed by atoms with Crippen LogP contribution < -0.4 is 15.6 Å². The molecule has 36 heavy (non-hydrogen) atoms. The van der Waals surface area contributed by atoms with E-state index in [1.165, 1.54) is 48.2 Å². The molecule has 14 heteroatoms. The summed E-state index contributed by atoms with van der Waals surface area (Å²) in [5, 5.41) is 9.47. The number of pyridine rings is 1. The number of aromatic nitrogens is 1. The third-order valence-electron chi connectivity index (χ3n) is 5.73. The van der Waals surface area contributed by atoms with Gasteiger partial charge < -0.3 is 16.2 Å². The van der Waals surface area contributed by atoms with E-state index in [1.54, 1.807) is 23.0 Å². The number of rotatable bonds is 8. The van der Waals surface area contributed by atoms with Gasteiger partial charge in [0.1, 0.15) is 17.1 Å². The Morgan fingerprint density at radius 1 is 1.17 bits per heavy atom. The van der Waals surface area contributed by atoms with Gasteiger partial charge in [-0.05, 0) is 5.56 Å². The summed E-state index contributed by atoms with van der Waals surface area (Å²) < 4.78 is 35.1. The van der Waals surface area contributed by atoms with Crippen LogP contribution in [0.15, 0.2) is 66.1 Å². The van der Waals surface area contributed by atoms with Crippen molar-refractivity contribution in [3.05, 3.63) is 77.3 Å². The lowest BCUT2D eigenvalue weighted by Gasteiger charge is -2.49. The molecule has 0 radical (unpaired) electrons. The SMILES string of the molecule is NC(=O)c1cc[n+](CC2=C(C(=O)O)N3C(=O)[C@@H](NC(=O)[C@@H](c4ccccc4)S(=O)(=O)O)[C@@H]3SC2)cc1. The van der Waals surface area contributed by atoms with Crippen molar-refractivity contribution in [1.29, 1.82) is 0 Å². The largest absolute Gasteiger partial charge is 0.477 e. The Hall–Kier alpha value is -3.75. The number of amides is 3. The number of nitrogens with one attached hydrogen (secondary N) is 1. The van der Waals surface area contributed by atoms with Gasteiger partial charge in [-0.25, -0.2) is 9.36 Å². The average Bonchev–Trinajstić information content (AvgIpc) is 2.82. The van der Waals surface area contributed by atoms with E-state index in [4.69, 9.17) is 5.73 Å². The fraction of sp³-hybridized carbons (Fsp3) is 0.227. The van der Waals surface area contributed by atoms with Crippen LogP contribution in [0.2, 0.25) is 0 Å². The molecule has 188 valence electrons. The van der Waals surface area contributed by atoms with Crippen LogP contribution in [-0.4, -0.2) is 63.8 Å². The van der Waals surface area contributed by atoms with Crippen molar-refractivity contribution < 1.29 is 41.8 Å². The quantitative estimate of drug-likeness (QED) is 0.196. The van der Waals surface area contributed by atoms with Crippen molar-refractivity contribution in [2.24, 2.45) is 5.73 Å². The Bertz CT molecular complexity index is 1380. The van der Waals surface area contributed by atoms with Gasteiger partial charge in [0.15, 0.2) is 24.2 Å². The molecule has 1 aromatic carbocycles. The first-order valence-electron chi connectivity index (χ1n) is 10.5. The molecule has 0 saturated carbocycles. The lowest BCUT2D eigenvalue weighted by molar-refractivity contribution is -0.689. The zero-order chi connectivity index (χ0) is 26.2. The fourth-order valence-electron chi connectivity index (χ4n) is 4.07. The Morgan fingerprint density at radius 2 is 1.81 bits per heavy atom. The number of hydrogen-bond acceptors (Lipinski definition) is 7.